The molecule has 1 aliphatic rings. The SMILES string of the molecule is COC(=O)c1ccc(OC(C)C)c(NC(=O)[C@H]2CNC[C@@H]2c2cnn(C)c2)c1. The summed E-state index contributed by atoms with van der Waals surface area (Å²) in [6.45, 7) is 5.09. The lowest BCUT2D eigenvalue weighted by Crippen LogP contribution is -2.28. The highest BCUT2D eigenvalue weighted by atomic mass is 16.5. The van der Waals surface area contributed by atoms with Gasteiger partial charge in [-0.15, -0.1) is 0 Å². The van der Waals surface area contributed by atoms with E-state index in [2.05, 4.69) is 15.7 Å². The highest BCUT2D eigenvalue weighted by molar-refractivity contribution is 5.97. The summed E-state index contributed by atoms with van der Waals surface area (Å²) < 4.78 is 12.3. The normalized spacial score (nSPS) is 18.9. The molecular weight excluding hydrogens is 360 g/mol. The van der Waals surface area contributed by atoms with Gasteiger partial charge in [-0.3, -0.25) is 9.48 Å². The molecule has 0 radical (unpaired) electrons. The molecule has 8 heteroatoms. The summed E-state index contributed by atoms with van der Waals surface area (Å²) >= 11 is 0. The maximum Gasteiger partial charge on any atom is 0.337 e. The Bertz CT molecular complexity index is 862. The number of rotatable bonds is 6. The first-order valence-corrected chi connectivity index (χ1v) is 9.28. The van der Waals surface area contributed by atoms with E-state index in [1.807, 2.05) is 27.1 Å². The maximum atomic E-state index is 13.0. The number of ether oxygens (including phenoxy) is 2. The van der Waals surface area contributed by atoms with Crippen molar-refractivity contribution in [1.82, 2.24) is 15.1 Å². The van der Waals surface area contributed by atoms with Crippen LogP contribution in [0.15, 0.2) is 30.6 Å². The maximum absolute atomic E-state index is 13.0. The highest BCUT2D eigenvalue weighted by Crippen LogP contribution is 2.32. The average molecular weight is 386 g/mol. The number of carbonyl (C=O) groups excluding carboxylic acids is 2. The first-order valence-electron chi connectivity index (χ1n) is 9.28. The Morgan fingerprint density at radius 3 is 2.75 bits per heavy atom. The molecule has 2 N–H and O–H groups in total. The summed E-state index contributed by atoms with van der Waals surface area (Å²) in [6, 6.07) is 4.88. The van der Waals surface area contributed by atoms with Crippen molar-refractivity contribution in [2.45, 2.75) is 25.9 Å². The third-order valence-corrected chi connectivity index (χ3v) is 4.73. The lowest BCUT2D eigenvalue weighted by molar-refractivity contribution is -0.119. The summed E-state index contributed by atoms with van der Waals surface area (Å²) in [4.78, 5) is 24.9. The largest absolute Gasteiger partial charge is 0.489 e. The van der Waals surface area contributed by atoms with Crippen LogP contribution in [-0.2, 0) is 16.6 Å². The molecule has 1 aromatic heterocycles. The van der Waals surface area contributed by atoms with E-state index in [9.17, 15) is 9.59 Å². The van der Waals surface area contributed by atoms with Crippen LogP contribution in [0.25, 0.3) is 0 Å². The third kappa shape index (κ3) is 4.33. The van der Waals surface area contributed by atoms with Crippen LogP contribution in [-0.4, -0.2) is 48.0 Å². The molecule has 1 aromatic carbocycles. The van der Waals surface area contributed by atoms with Crippen molar-refractivity contribution in [3.8, 4) is 5.75 Å². The average Bonchev–Trinajstić information content (AvgIpc) is 3.30. The van der Waals surface area contributed by atoms with Crippen molar-refractivity contribution >= 4 is 17.6 Å². The van der Waals surface area contributed by atoms with E-state index in [1.54, 1.807) is 29.1 Å². The van der Waals surface area contributed by atoms with Gasteiger partial charge in [-0.2, -0.15) is 5.10 Å². The monoisotopic (exact) mass is 386 g/mol. The van der Waals surface area contributed by atoms with Crippen LogP contribution < -0.4 is 15.4 Å². The number of esters is 1. The fourth-order valence-electron chi connectivity index (χ4n) is 3.39. The minimum atomic E-state index is -0.470. The van der Waals surface area contributed by atoms with E-state index < -0.39 is 5.97 Å². The molecule has 2 aromatic rings. The topological polar surface area (TPSA) is 94.5 Å². The molecule has 150 valence electrons. The summed E-state index contributed by atoms with van der Waals surface area (Å²) in [5.74, 6) is -0.304. The Kier molecular flexibility index (Phi) is 5.99. The van der Waals surface area contributed by atoms with Crippen LogP contribution in [0.1, 0.15) is 35.7 Å². The van der Waals surface area contributed by atoms with Crippen molar-refractivity contribution in [3.05, 3.63) is 41.7 Å². The smallest absolute Gasteiger partial charge is 0.337 e. The van der Waals surface area contributed by atoms with Gasteiger partial charge in [0.15, 0.2) is 0 Å². The Balaban J connectivity index is 1.84. The quantitative estimate of drug-likeness (QED) is 0.737. The second-order valence-electron chi connectivity index (χ2n) is 7.18. The fraction of sp³-hybridized carbons (Fsp3) is 0.450. The zero-order valence-corrected chi connectivity index (χ0v) is 16.6. The van der Waals surface area contributed by atoms with Gasteiger partial charge in [-0.05, 0) is 37.6 Å². The van der Waals surface area contributed by atoms with Crippen molar-refractivity contribution in [1.29, 1.82) is 0 Å². The number of methoxy groups -OCH3 is 1. The number of carbonyl (C=O) groups is 2. The molecule has 2 heterocycles. The number of benzene rings is 1. The third-order valence-electron chi connectivity index (χ3n) is 4.73. The predicted octanol–water partition coefficient (Wildman–Crippen LogP) is 1.94. The predicted molar refractivity (Wildman–Crippen MR) is 104 cm³/mol. The zero-order chi connectivity index (χ0) is 20.3. The van der Waals surface area contributed by atoms with Gasteiger partial charge >= 0.3 is 5.97 Å². The van der Waals surface area contributed by atoms with Crippen LogP contribution in [0.4, 0.5) is 5.69 Å². The van der Waals surface area contributed by atoms with E-state index in [4.69, 9.17) is 9.47 Å². The van der Waals surface area contributed by atoms with Crippen molar-refractivity contribution in [2.24, 2.45) is 13.0 Å². The molecule has 0 saturated carbocycles. The fourth-order valence-corrected chi connectivity index (χ4v) is 3.39. The van der Waals surface area contributed by atoms with E-state index in [0.717, 1.165) is 5.56 Å². The lowest BCUT2D eigenvalue weighted by Gasteiger charge is -2.20. The van der Waals surface area contributed by atoms with Crippen LogP contribution >= 0.6 is 0 Å². The molecule has 1 fully saturated rings. The van der Waals surface area contributed by atoms with Crippen LogP contribution in [0.5, 0.6) is 5.75 Å². The molecule has 0 spiro atoms. The Labute approximate surface area is 164 Å². The molecule has 2 atom stereocenters. The number of anilines is 1. The minimum Gasteiger partial charge on any atom is -0.489 e. The number of aryl methyl sites for hydroxylation is 1. The van der Waals surface area contributed by atoms with Gasteiger partial charge in [0.1, 0.15) is 5.75 Å². The van der Waals surface area contributed by atoms with Crippen LogP contribution in [0, 0.1) is 5.92 Å². The number of aromatic nitrogens is 2. The van der Waals surface area contributed by atoms with Crippen molar-refractivity contribution < 1.29 is 19.1 Å². The molecule has 1 aliphatic heterocycles. The molecule has 3 rings (SSSR count). The molecule has 1 saturated heterocycles. The van der Waals surface area contributed by atoms with Crippen molar-refractivity contribution in [2.75, 3.05) is 25.5 Å². The zero-order valence-electron chi connectivity index (χ0n) is 16.6. The number of hydrogen-bond acceptors (Lipinski definition) is 6. The number of hydrogen-bond donors (Lipinski definition) is 2. The highest BCUT2D eigenvalue weighted by Gasteiger charge is 2.35. The van der Waals surface area contributed by atoms with Gasteiger partial charge in [0.05, 0.1) is 36.6 Å². The van der Waals surface area contributed by atoms with Gasteiger partial charge in [-0.1, -0.05) is 0 Å². The van der Waals surface area contributed by atoms with Gasteiger partial charge in [0.25, 0.3) is 0 Å². The van der Waals surface area contributed by atoms with Crippen LogP contribution in [0.3, 0.4) is 0 Å². The van der Waals surface area contributed by atoms with Crippen molar-refractivity contribution in [3.63, 3.8) is 0 Å². The standard InChI is InChI=1S/C20H26N4O4/c1-12(2)28-18-6-5-13(20(26)27-4)7-17(18)23-19(25)16-10-21-9-15(16)14-8-22-24(3)11-14/h5-8,11-12,15-16,21H,9-10H2,1-4H3,(H,23,25)/t15-,16+/m1/s1. The van der Waals surface area contributed by atoms with Gasteiger partial charge < -0.3 is 20.1 Å². The van der Waals surface area contributed by atoms with Gasteiger partial charge in [-0.25, -0.2) is 4.79 Å². The first-order chi connectivity index (χ1) is 13.4. The summed E-state index contributed by atoms with van der Waals surface area (Å²) in [7, 11) is 3.18. The van der Waals surface area contributed by atoms with E-state index in [1.165, 1.54) is 7.11 Å². The van der Waals surface area contributed by atoms with Gasteiger partial charge in [0, 0.05) is 32.3 Å². The van der Waals surface area contributed by atoms with E-state index >= 15 is 0 Å². The second-order valence-corrected chi connectivity index (χ2v) is 7.18. The Morgan fingerprint density at radius 1 is 1.32 bits per heavy atom. The molecule has 0 unspecified atom stereocenters. The summed E-state index contributed by atoms with van der Waals surface area (Å²) in [6.07, 6.45) is 3.66. The number of amides is 1. The molecular formula is C20H26N4O4. The molecule has 28 heavy (non-hydrogen) atoms. The summed E-state index contributed by atoms with van der Waals surface area (Å²) in [5.41, 5.74) is 1.83. The number of nitrogens with zero attached hydrogens (tertiary/aromatic N) is 2. The molecule has 1 amide bonds. The molecule has 0 aliphatic carbocycles. The Morgan fingerprint density at radius 2 is 2.11 bits per heavy atom. The minimum absolute atomic E-state index is 0.0342. The first kappa shape index (κ1) is 19.9. The Hall–Kier alpha value is -2.87. The second kappa shape index (κ2) is 8.43. The molecule has 8 nitrogen and oxygen atoms in total. The lowest BCUT2D eigenvalue weighted by atomic mass is 9.90. The summed E-state index contributed by atoms with van der Waals surface area (Å²) in [5, 5.41) is 10.4. The molecule has 0 bridgehead atoms. The van der Waals surface area contributed by atoms with E-state index in [-0.39, 0.29) is 23.8 Å². The van der Waals surface area contributed by atoms with Gasteiger partial charge in [0.2, 0.25) is 5.91 Å². The van der Waals surface area contributed by atoms with E-state index in [0.29, 0.717) is 30.1 Å². The number of nitrogens with one attached hydrogen (secondary N) is 2. The van der Waals surface area contributed by atoms with Crippen LogP contribution in [0.2, 0.25) is 0 Å².